The maximum atomic E-state index is 12.0. The lowest BCUT2D eigenvalue weighted by Gasteiger charge is -2.31. The van der Waals surface area contributed by atoms with Crippen molar-refractivity contribution < 1.29 is 19.5 Å². The fourth-order valence-electron chi connectivity index (χ4n) is 1.80. The number of carboxylic acids is 1. The molecule has 0 aromatic carbocycles. The number of pyridine rings is 1. The summed E-state index contributed by atoms with van der Waals surface area (Å²) in [5.41, 5.74) is -0.127. The SMILES string of the molecule is CN1CCN(C(=O)Nc2cccnc2C(=O)O)CC1=O. The van der Waals surface area contributed by atoms with Gasteiger partial charge in [0.1, 0.15) is 6.54 Å². The molecule has 1 aliphatic heterocycles. The first-order chi connectivity index (χ1) is 9.49. The molecule has 106 valence electrons. The van der Waals surface area contributed by atoms with E-state index in [1.807, 2.05) is 0 Å². The van der Waals surface area contributed by atoms with E-state index in [0.29, 0.717) is 13.1 Å². The Hall–Kier alpha value is -2.64. The molecule has 8 nitrogen and oxygen atoms in total. The Morgan fingerprint density at radius 1 is 1.40 bits per heavy atom. The summed E-state index contributed by atoms with van der Waals surface area (Å²) in [5.74, 6) is -1.38. The number of piperazine rings is 1. The maximum Gasteiger partial charge on any atom is 0.356 e. The molecule has 2 rings (SSSR count). The van der Waals surface area contributed by atoms with Crippen LogP contribution in [0.15, 0.2) is 18.3 Å². The molecule has 1 aromatic rings. The number of likely N-dealkylation sites (N-methyl/N-ethyl adjacent to an activating group) is 1. The van der Waals surface area contributed by atoms with Gasteiger partial charge in [0.05, 0.1) is 5.69 Å². The molecule has 20 heavy (non-hydrogen) atoms. The lowest BCUT2D eigenvalue weighted by atomic mass is 10.3. The molecule has 1 aliphatic rings. The van der Waals surface area contributed by atoms with Crippen molar-refractivity contribution in [2.75, 3.05) is 32.0 Å². The van der Waals surface area contributed by atoms with Gasteiger partial charge in [0, 0.05) is 26.3 Å². The van der Waals surface area contributed by atoms with Crippen LogP contribution in [-0.2, 0) is 4.79 Å². The summed E-state index contributed by atoms with van der Waals surface area (Å²) in [7, 11) is 1.67. The van der Waals surface area contributed by atoms with Gasteiger partial charge in [-0.15, -0.1) is 0 Å². The van der Waals surface area contributed by atoms with Gasteiger partial charge < -0.3 is 20.2 Å². The Morgan fingerprint density at radius 3 is 2.80 bits per heavy atom. The molecule has 2 N–H and O–H groups in total. The van der Waals surface area contributed by atoms with E-state index in [-0.39, 0.29) is 23.8 Å². The van der Waals surface area contributed by atoms with Crippen LogP contribution in [0.5, 0.6) is 0 Å². The van der Waals surface area contributed by atoms with Crippen LogP contribution in [0.2, 0.25) is 0 Å². The monoisotopic (exact) mass is 278 g/mol. The molecule has 2 heterocycles. The van der Waals surface area contributed by atoms with E-state index in [9.17, 15) is 14.4 Å². The van der Waals surface area contributed by atoms with E-state index < -0.39 is 12.0 Å². The number of hydrogen-bond acceptors (Lipinski definition) is 4. The second-order valence-corrected chi connectivity index (χ2v) is 4.37. The minimum atomic E-state index is -1.23. The van der Waals surface area contributed by atoms with Gasteiger partial charge in [-0.2, -0.15) is 0 Å². The molecule has 0 aliphatic carbocycles. The van der Waals surface area contributed by atoms with Crippen molar-refractivity contribution in [1.82, 2.24) is 14.8 Å². The number of aromatic carboxylic acids is 1. The highest BCUT2D eigenvalue weighted by Crippen LogP contribution is 2.13. The molecule has 0 atom stereocenters. The predicted molar refractivity (Wildman–Crippen MR) is 69.4 cm³/mol. The van der Waals surface area contributed by atoms with Crippen molar-refractivity contribution in [3.05, 3.63) is 24.0 Å². The third-order valence-electron chi connectivity index (χ3n) is 3.00. The highest BCUT2D eigenvalue weighted by Gasteiger charge is 2.25. The maximum absolute atomic E-state index is 12.0. The zero-order chi connectivity index (χ0) is 14.7. The highest BCUT2D eigenvalue weighted by molar-refractivity contribution is 5.99. The van der Waals surface area contributed by atoms with Gasteiger partial charge in [0.25, 0.3) is 0 Å². The van der Waals surface area contributed by atoms with Crippen molar-refractivity contribution in [2.45, 2.75) is 0 Å². The number of anilines is 1. The summed E-state index contributed by atoms with van der Waals surface area (Å²) in [4.78, 5) is 41.1. The summed E-state index contributed by atoms with van der Waals surface area (Å²) >= 11 is 0. The molecule has 3 amide bonds. The number of carbonyl (C=O) groups is 3. The number of nitrogens with zero attached hydrogens (tertiary/aromatic N) is 3. The molecule has 1 saturated heterocycles. The van der Waals surface area contributed by atoms with E-state index in [2.05, 4.69) is 10.3 Å². The topological polar surface area (TPSA) is 103 Å². The summed E-state index contributed by atoms with van der Waals surface area (Å²) < 4.78 is 0. The molecule has 0 spiro atoms. The van der Waals surface area contributed by atoms with Gasteiger partial charge in [-0.05, 0) is 12.1 Å². The fourth-order valence-corrected chi connectivity index (χ4v) is 1.80. The first kappa shape index (κ1) is 13.8. The van der Waals surface area contributed by atoms with Crippen LogP contribution in [0.4, 0.5) is 10.5 Å². The Balaban J connectivity index is 2.09. The average Bonchev–Trinajstić information content (AvgIpc) is 2.42. The van der Waals surface area contributed by atoms with Gasteiger partial charge in [0.2, 0.25) is 5.91 Å². The summed E-state index contributed by atoms with van der Waals surface area (Å²) in [5, 5.41) is 11.4. The van der Waals surface area contributed by atoms with Crippen LogP contribution in [0, 0.1) is 0 Å². The van der Waals surface area contributed by atoms with E-state index in [4.69, 9.17) is 5.11 Å². The van der Waals surface area contributed by atoms with E-state index in [1.54, 1.807) is 7.05 Å². The number of rotatable bonds is 2. The van der Waals surface area contributed by atoms with Gasteiger partial charge in [-0.3, -0.25) is 4.79 Å². The molecular weight excluding hydrogens is 264 g/mol. The minimum Gasteiger partial charge on any atom is -0.476 e. The fraction of sp³-hybridized carbons (Fsp3) is 0.333. The van der Waals surface area contributed by atoms with Crippen LogP contribution in [0.1, 0.15) is 10.5 Å². The normalized spacial score (nSPS) is 15.2. The Morgan fingerprint density at radius 2 is 2.15 bits per heavy atom. The Kier molecular flexibility index (Phi) is 3.83. The molecule has 0 radical (unpaired) electrons. The largest absolute Gasteiger partial charge is 0.476 e. The molecule has 0 unspecified atom stereocenters. The number of hydrogen-bond donors (Lipinski definition) is 2. The van der Waals surface area contributed by atoms with Gasteiger partial charge in [0.15, 0.2) is 5.69 Å². The number of carbonyl (C=O) groups excluding carboxylic acids is 2. The van der Waals surface area contributed by atoms with Gasteiger partial charge in [-0.1, -0.05) is 0 Å². The van der Waals surface area contributed by atoms with Crippen molar-refractivity contribution in [2.24, 2.45) is 0 Å². The third-order valence-corrected chi connectivity index (χ3v) is 3.00. The number of nitrogens with one attached hydrogen (secondary N) is 1. The molecule has 1 aromatic heterocycles. The quantitative estimate of drug-likeness (QED) is 0.797. The summed E-state index contributed by atoms with van der Waals surface area (Å²) in [6, 6.07) is 2.46. The van der Waals surface area contributed by atoms with Gasteiger partial charge in [-0.25, -0.2) is 14.6 Å². The minimum absolute atomic E-state index is 0.0228. The number of aromatic nitrogens is 1. The lowest BCUT2D eigenvalue weighted by Crippen LogP contribution is -2.51. The molecule has 1 fully saturated rings. The smallest absolute Gasteiger partial charge is 0.356 e. The van der Waals surface area contributed by atoms with Crippen LogP contribution < -0.4 is 5.32 Å². The molecule has 8 heteroatoms. The second-order valence-electron chi connectivity index (χ2n) is 4.37. The number of carboxylic acid groups (broad SMARTS) is 1. The zero-order valence-corrected chi connectivity index (χ0v) is 10.9. The number of urea groups is 1. The first-order valence-corrected chi connectivity index (χ1v) is 5.97. The summed E-state index contributed by atoms with van der Waals surface area (Å²) in [6.07, 6.45) is 1.33. The van der Waals surface area contributed by atoms with Crippen LogP contribution in [0.25, 0.3) is 0 Å². The molecular formula is C12H14N4O4. The van der Waals surface area contributed by atoms with Crippen LogP contribution in [-0.4, -0.2) is 64.5 Å². The standard InChI is InChI=1S/C12H14N4O4/c1-15-5-6-16(7-9(15)17)12(20)14-8-3-2-4-13-10(8)11(18)19/h2-4H,5-7H2,1H3,(H,14,20)(H,18,19). The second kappa shape index (κ2) is 5.55. The van der Waals surface area contributed by atoms with Crippen molar-refractivity contribution in [1.29, 1.82) is 0 Å². The lowest BCUT2D eigenvalue weighted by molar-refractivity contribution is -0.133. The van der Waals surface area contributed by atoms with Crippen molar-refractivity contribution in [3.63, 3.8) is 0 Å². The molecule has 0 saturated carbocycles. The zero-order valence-electron chi connectivity index (χ0n) is 10.9. The Labute approximate surface area is 115 Å². The Bertz CT molecular complexity index is 560. The van der Waals surface area contributed by atoms with Crippen molar-refractivity contribution >= 4 is 23.6 Å². The molecule has 0 bridgehead atoms. The average molecular weight is 278 g/mol. The summed E-state index contributed by atoms with van der Waals surface area (Å²) in [6.45, 7) is 0.826. The van der Waals surface area contributed by atoms with E-state index >= 15 is 0 Å². The van der Waals surface area contributed by atoms with Crippen LogP contribution in [0.3, 0.4) is 0 Å². The van der Waals surface area contributed by atoms with E-state index in [0.717, 1.165) is 0 Å². The first-order valence-electron chi connectivity index (χ1n) is 5.97. The van der Waals surface area contributed by atoms with Crippen molar-refractivity contribution in [3.8, 4) is 0 Å². The highest BCUT2D eigenvalue weighted by atomic mass is 16.4. The number of amides is 3. The van der Waals surface area contributed by atoms with E-state index in [1.165, 1.54) is 28.1 Å². The van der Waals surface area contributed by atoms with Gasteiger partial charge >= 0.3 is 12.0 Å². The predicted octanol–water partition coefficient (Wildman–Crippen LogP) is 0.0857. The van der Waals surface area contributed by atoms with Crippen LogP contribution >= 0.6 is 0 Å². The third kappa shape index (κ3) is 2.85.